The molecule has 1 saturated heterocycles. The van der Waals surface area contributed by atoms with Crippen molar-refractivity contribution in [3.8, 4) is 10.6 Å². The summed E-state index contributed by atoms with van der Waals surface area (Å²) in [5.41, 5.74) is 1.07. The second-order valence-electron chi connectivity index (χ2n) is 5.87. The lowest BCUT2D eigenvalue weighted by atomic mass is 10.2. The molecule has 7 heteroatoms. The number of hydrogen-bond acceptors (Lipinski definition) is 4. The Morgan fingerprint density at radius 1 is 1.29 bits per heavy atom. The van der Waals surface area contributed by atoms with E-state index in [1.165, 1.54) is 30.2 Å². The van der Waals surface area contributed by atoms with E-state index in [1.807, 2.05) is 0 Å². The third kappa shape index (κ3) is 3.79. The van der Waals surface area contributed by atoms with Crippen LogP contribution in [0.3, 0.4) is 0 Å². The van der Waals surface area contributed by atoms with Gasteiger partial charge in [0.25, 0.3) is 5.91 Å². The van der Waals surface area contributed by atoms with E-state index in [4.69, 9.17) is 0 Å². The van der Waals surface area contributed by atoms with Gasteiger partial charge in [0.05, 0.1) is 5.69 Å². The highest BCUT2D eigenvalue weighted by molar-refractivity contribution is 7.17. The van der Waals surface area contributed by atoms with E-state index in [2.05, 4.69) is 15.2 Å². The summed E-state index contributed by atoms with van der Waals surface area (Å²) in [5, 5.41) is 3.42. The molecule has 128 valence electrons. The highest BCUT2D eigenvalue weighted by Crippen LogP contribution is 2.28. The number of benzene rings is 1. The van der Waals surface area contributed by atoms with E-state index < -0.39 is 11.6 Å². The zero-order chi connectivity index (χ0) is 17.1. The Hall–Kier alpha value is -1.86. The van der Waals surface area contributed by atoms with Gasteiger partial charge in [-0.15, -0.1) is 11.3 Å². The number of halogens is 2. The van der Waals surface area contributed by atoms with Crippen molar-refractivity contribution in [3.63, 3.8) is 0 Å². The summed E-state index contributed by atoms with van der Waals surface area (Å²) in [4.78, 5) is 19.5. The van der Waals surface area contributed by atoms with E-state index in [-0.39, 0.29) is 5.91 Å². The normalized spacial score (nSPS) is 15.0. The van der Waals surface area contributed by atoms with Gasteiger partial charge in [-0.2, -0.15) is 0 Å². The molecular formula is C17H19F2N3OS. The standard InChI is InChI=1S/C17H19F2N3OS/c1-11-15(16(23)20-6-9-22-7-2-3-8-22)24-17(21-11)12-4-5-13(18)14(19)10-12/h4-5,10H,2-3,6-9H2,1H3,(H,20,23). The van der Waals surface area contributed by atoms with Crippen molar-refractivity contribution in [2.24, 2.45) is 0 Å². The maximum atomic E-state index is 13.4. The van der Waals surface area contributed by atoms with Gasteiger partial charge in [-0.05, 0) is 51.1 Å². The highest BCUT2D eigenvalue weighted by atomic mass is 32.1. The molecule has 0 saturated carbocycles. The second kappa shape index (κ2) is 7.36. The Morgan fingerprint density at radius 3 is 2.75 bits per heavy atom. The van der Waals surface area contributed by atoms with Gasteiger partial charge in [-0.3, -0.25) is 4.79 Å². The van der Waals surface area contributed by atoms with Gasteiger partial charge in [0.2, 0.25) is 0 Å². The number of nitrogens with zero attached hydrogens (tertiary/aromatic N) is 2. The third-order valence-corrected chi connectivity index (χ3v) is 5.29. The molecule has 0 atom stereocenters. The van der Waals surface area contributed by atoms with Gasteiger partial charge < -0.3 is 10.2 Å². The Bertz CT molecular complexity index is 741. The summed E-state index contributed by atoms with van der Waals surface area (Å²) in [6, 6.07) is 3.63. The maximum Gasteiger partial charge on any atom is 0.263 e. The Morgan fingerprint density at radius 2 is 2.04 bits per heavy atom. The Kier molecular flexibility index (Phi) is 5.20. The van der Waals surface area contributed by atoms with Crippen molar-refractivity contribution >= 4 is 17.2 Å². The fourth-order valence-electron chi connectivity index (χ4n) is 2.77. The van der Waals surface area contributed by atoms with E-state index >= 15 is 0 Å². The number of likely N-dealkylation sites (tertiary alicyclic amines) is 1. The quantitative estimate of drug-likeness (QED) is 0.900. The third-order valence-electron chi connectivity index (χ3n) is 4.08. The molecule has 1 aliphatic heterocycles. The first-order valence-corrected chi connectivity index (χ1v) is 8.79. The fraction of sp³-hybridized carbons (Fsp3) is 0.412. The van der Waals surface area contributed by atoms with Crippen LogP contribution in [0.2, 0.25) is 0 Å². The fourth-order valence-corrected chi connectivity index (χ4v) is 3.75. The predicted molar refractivity (Wildman–Crippen MR) is 90.2 cm³/mol. The van der Waals surface area contributed by atoms with Crippen LogP contribution in [0.1, 0.15) is 28.2 Å². The van der Waals surface area contributed by atoms with Gasteiger partial charge >= 0.3 is 0 Å². The zero-order valence-corrected chi connectivity index (χ0v) is 14.3. The Balaban J connectivity index is 1.66. The minimum Gasteiger partial charge on any atom is -0.350 e. The molecule has 0 radical (unpaired) electrons. The van der Waals surface area contributed by atoms with Crippen molar-refractivity contribution in [1.82, 2.24) is 15.2 Å². The van der Waals surface area contributed by atoms with Crippen LogP contribution in [0, 0.1) is 18.6 Å². The first-order chi connectivity index (χ1) is 11.5. The van der Waals surface area contributed by atoms with E-state index in [0.717, 1.165) is 31.8 Å². The van der Waals surface area contributed by atoms with E-state index in [1.54, 1.807) is 6.92 Å². The van der Waals surface area contributed by atoms with Crippen LogP contribution in [0.15, 0.2) is 18.2 Å². The van der Waals surface area contributed by atoms with Gasteiger partial charge in [0.15, 0.2) is 11.6 Å². The Labute approximate surface area is 143 Å². The molecule has 1 aromatic carbocycles. The molecule has 1 fully saturated rings. The summed E-state index contributed by atoms with van der Waals surface area (Å²) in [6.07, 6.45) is 2.44. The van der Waals surface area contributed by atoms with Gasteiger partial charge in [0.1, 0.15) is 9.88 Å². The molecule has 1 aliphatic rings. The molecule has 3 rings (SSSR count). The molecule has 1 N–H and O–H groups in total. The molecule has 0 aliphatic carbocycles. The molecule has 0 bridgehead atoms. The lowest BCUT2D eigenvalue weighted by molar-refractivity contribution is 0.0953. The van der Waals surface area contributed by atoms with E-state index in [9.17, 15) is 13.6 Å². The highest BCUT2D eigenvalue weighted by Gasteiger charge is 2.17. The van der Waals surface area contributed by atoms with Gasteiger partial charge in [-0.1, -0.05) is 0 Å². The number of amides is 1. The van der Waals surface area contributed by atoms with Gasteiger partial charge in [0, 0.05) is 18.7 Å². The van der Waals surface area contributed by atoms with Crippen LogP contribution >= 0.6 is 11.3 Å². The zero-order valence-electron chi connectivity index (χ0n) is 13.4. The van der Waals surface area contributed by atoms with Crippen LogP contribution in [0.25, 0.3) is 10.6 Å². The number of nitrogens with one attached hydrogen (secondary N) is 1. The van der Waals surface area contributed by atoms with Crippen molar-refractivity contribution < 1.29 is 13.6 Å². The summed E-state index contributed by atoms with van der Waals surface area (Å²) < 4.78 is 26.4. The largest absolute Gasteiger partial charge is 0.350 e. The average Bonchev–Trinajstić information content (AvgIpc) is 3.19. The first kappa shape index (κ1) is 17.0. The molecule has 0 spiro atoms. The number of rotatable bonds is 5. The molecular weight excluding hydrogens is 332 g/mol. The van der Waals surface area contributed by atoms with Crippen LogP contribution < -0.4 is 5.32 Å². The summed E-state index contributed by atoms with van der Waals surface area (Å²) in [6.45, 7) is 5.37. The second-order valence-corrected chi connectivity index (χ2v) is 6.87. The van der Waals surface area contributed by atoms with Gasteiger partial charge in [-0.25, -0.2) is 13.8 Å². The maximum absolute atomic E-state index is 13.4. The average molecular weight is 351 g/mol. The first-order valence-electron chi connectivity index (χ1n) is 7.98. The summed E-state index contributed by atoms with van der Waals surface area (Å²) in [7, 11) is 0. The van der Waals surface area contributed by atoms with Crippen LogP contribution in [0.4, 0.5) is 8.78 Å². The number of aryl methyl sites for hydroxylation is 1. The SMILES string of the molecule is Cc1nc(-c2ccc(F)c(F)c2)sc1C(=O)NCCN1CCCC1. The minimum absolute atomic E-state index is 0.168. The van der Waals surface area contributed by atoms with Crippen molar-refractivity contribution in [1.29, 1.82) is 0 Å². The monoisotopic (exact) mass is 351 g/mol. The lowest BCUT2D eigenvalue weighted by Crippen LogP contribution is -2.33. The van der Waals surface area contributed by atoms with Crippen LogP contribution in [-0.4, -0.2) is 42.0 Å². The van der Waals surface area contributed by atoms with Crippen molar-refractivity contribution in [2.45, 2.75) is 19.8 Å². The number of hydrogen-bond donors (Lipinski definition) is 1. The number of carbonyl (C=O) groups excluding carboxylic acids is 1. The smallest absolute Gasteiger partial charge is 0.263 e. The van der Waals surface area contributed by atoms with E-state index in [0.29, 0.717) is 27.7 Å². The molecule has 0 unspecified atom stereocenters. The molecule has 1 amide bonds. The number of carbonyl (C=O) groups is 1. The summed E-state index contributed by atoms with van der Waals surface area (Å²) in [5.74, 6) is -1.98. The molecule has 2 heterocycles. The predicted octanol–water partition coefficient (Wildman–Crippen LogP) is 3.22. The van der Waals surface area contributed by atoms with Crippen LogP contribution in [-0.2, 0) is 0 Å². The topological polar surface area (TPSA) is 45.2 Å². The lowest BCUT2D eigenvalue weighted by Gasteiger charge is -2.14. The number of aromatic nitrogens is 1. The minimum atomic E-state index is -0.919. The molecule has 2 aromatic rings. The van der Waals surface area contributed by atoms with Crippen molar-refractivity contribution in [3.05, 3.63) is 40.4 Å². The summed E-state index contributed by atoms with van der Waals surface area (Å²) >= 11 is 1.19. The molecule has 1 aromatic heterocycles. The van der Waals surface area contributed by atoms with Crippen molar-refractivity contribution in [2.75, 3.05) is 26.2 Å². The molecule has 24 heavy (non-hydrogen) atoms. The number of thiazole rings is 1. The molecule has 4 nitrogen and oxygen atoms in total. The van der Waals surface area contributed by atoms with Crippen LogP contribution in [0.5, 0.6) is 0 Å².